The molecular weight excluding hydrogens is 141 g/mol. The third-order valence-corrected chi connectivity index (χ3v) is 2.14. The second-order valence-electron chi connectivity index (χ2n) is 2.94. The molecule has 0 bridgehead atoms. The van der Waals surface area contributed by atoms with Gasteiger partial charge in [0, 0.05) is 13.1 Å². The number of hydrogen-bond acceptors (Lipinski definition) is 1. The monoisotopic (exact) mass is 153 g/mol. The van der Waals surface area contributed by atoms with Gasteiger partial charge in [0.15, 0.2) is 0 Å². The van der Waals surface area contributed by atoms with Gasteiger partial charge in [-0.25, -0.2) is 0 Å². The van der Waals surface area contributed by atoms with Gasteiger partial charge in [0.2, 0.25) is 0 Å². The van der Waals surface area contributed by atoms with Gasteiger partial charge < -0.3 is 4.90 Å². The van der Waals surface area contributed by atoms with Crippen molar-refractivity contribution in [2.24, 2.45) is 0 Å². The quantitative estimate of drug-likeness (QED) is 0.373. The van der Waals surface area contributed by atoms with E-state index in [2.05, 4.69) is 23.1 Å². The van der Waals surface area contributed by atoms with E-state index in [1.165, 1.54) is 31.6 Å². The van der Waals surface area contributed by atoms with Gasteiger partial charge in [-0.2, -0.15) is 24.3 Å². The molecule has 1 heterocycles. The van der Waals surface area contributed by atoms with E-state index < -0.39 is 0 Å². The van der Waals surface area contributed by atoms with E-state index in [0.717, 1.165) is 0 Å². The van der Waals surface area contributed by atoms with Crippen molar-refractivity contribution in [2.75, 3.05) is 18.0 Å². The van der Waals surface area contributed by atoms with Gasteiger partial charge >= 0.3 is 18.9 Å². The maximum atomic E-state index is 3.24. The Morgan fingerprint density at radius 2 is 1.92 bits per heavy atom. The van der Waals surface area contributed by atoms with Crippen LogP contribution in [-0.4, -0.2) is 13.1 Å². The molecule has 1 fully saturated rings. The molecular formula is C10H12LiN. The second-order valence-corrected chi connectivity index (χ2v) is 2.94. The average Bonchev–Trinajstić information content (AvgIpc) is 2.58. The normalized spacial score (nSPS) is 15.8. The van der Waals surface area contributed by atoms with Crippen LogP contribution in [0, 0.1) is 6.07 Å². The minimum atomic E-state index is 0. The predicted molar refractivity (Wildman–Crippen MR) is 46.7 cm³/mol. The van der Waals surface area contributed by atoms with Crippen LogP contribution in [0.3, 0.4) is 0 Å². The molecule has 0 aromatic heterocycles. The zero-order valence-electron chi connectivity index (χ0n) is 7.59. The van der Waals surface area contributed by atoms with Crippen molar-refractivity contribution in [1.29, 1.82) is 0 Å². The Morgan fingerprint density at radius 3 is 2.50 bits per heavy atom. The van der Waals surface area contributed by atoms with Crippen LogP contribution in [0.5, 0.6) is 0 Å². The summed E-state index contributed by atoms with van der Waals surface area (Å²) in [6.07, 6.45) is 2.67. The summed E-state index contributed by atoms with van der Waals surface area (Å²) in [7, 11) is 0. The molecule has 58 valence electrons. The Kier molecular flexibility index (Phi) is 3.72. The molecule has 0 amide bonds. The van der Waals surface area contributed by atoms with E-state index in [0.29, 0.717) is 0 Å². The average molecular weight is 153 g/mol. The molecule has 1 aliphatic rings. The molecule has 12 heavy (non-hydrogen) atoms. The number of nitrogens with zero attached hydrogens (tertiary/aromatic N) is 1. The van der Waals surface area contributed by atoms with Crippen molar-refractivity contribution in [3.63, 3.8) is 0 Å². The third-order valence-electron chi connectivity index (χ3n) is 2.14. The van der Waals surface area contributed by atoms with Gasteiger partial charge in [-0.1, -0.05) is 5.69 Å². The summed E-state index contributed by atoms with van der Waals surface area (Å²) in [5.41, 5.74) is 1.25. The number of anilines is 1. The second kappa shape index (κ2) is 4.60. The van der Waals surface area contributed by atoms with E-state index in [9.17, 15) is 0 Å². The fourth-order valence-electron chi connectivity index (χ4n) is 1.54. The fourth-order valence-corrected chi connectivity index (χ4v) is 1.54. The van der Waals surface area contributed by atoms with E-state index in [1.807, 2.05) is 12.1 Å². The van der Waals surface area contributed by atoms with Crippen molar-refractivity contribution in [2.45, 2.75) is 12.8 Å². The molecule has 0 saturated carbocycles. The zero-order valence-corrected chi connectivity index (χ0v) is 7.59. The first-order chi connectivity index (χ1) is 5.47. The Hall–Kier alpha value is -0.383. The first-order valence-corrected chi connectivity index (χ1v) is 4.18. The summed E-state index contributed by atoms with van der Waals surface area (Å²) in [6.45, 7) is 2.42. The standard InChI is InChI=1S/C10H12N.Li/c1-2-6-10(7-3-1)11-8-4-5-9-11;/h1-3,6H,4-5,8-9H2;/q-1;+1. The molecule has 1 aromatic rings. The maximum Gasteiger partial charge on any atom is 1.00 e. The molecule has 1 aliphatic heterocycles. The Labute approximate surface area is 85.9 Å². The van der Waals surface area contributed by atoms with Crippen LogP contribution in [-0.2, 0) is 0 Å². The van der Waals surface area contributed by atoms with E-state index in [4.69, 9.17) is 0 Å². The topological polar surface area (TPSA) is 3.24 Å². The smallest absolute Gasteiger partial charge is 0.394 e. The summed E-state index contributed by atoms with van der Waals surface area (Å²) < 4.78 is 0. The molecule has 2 heteroatoms. The van der Waals surface area contributed by atoms with Gasteiger partial charge in [-0.15, -0.1) is 6.07 Å². The minimum absolute atomic E-state index is 0. The van der Waals surface area contributed by atoms with Crippen molar-refractivity contribution in [1.82, 2.24) is 0 Å². The predicted octanol–water partition coefficient (Wildman–Crippen LogP) is -0.909. The van der Waals surface area contributed by atoms with Gasteiger partial charge in [0.05, 0.1) is 0 Å². The SMILES string of the molecule is [Li+].[c-]1ccccc1N1CCCC1. The number of hydrogen-bond donors (Lipinski definition) is 0. The van der Waals surface area contributed by atoms with E-state index in [-0.39, 0.29) is 18.9 Å². The number of benzene rings is 1. The van der Waals surface area contributed by atoms with Crippen LogP contribution in [0.1, 0.15) is 12.8 Å². The van der Waals surface area contributed by atoms with Gasteiger partial charge in [0.1, 0.15) is 0 Å². The maximum absolute atomic E-state index is 3.24. The molecule has 0 N–H and O–H groups in total. The molecule has 0 spiro atoms. The van der Waals surface area contributed by atoms with Gasteiger partial charge in [-0.3, -0.25) is 0 Å². The van der Waals surface area contributed by atoms with Crippen LogP contribution >= 0.6 is 0 Å². The summed E-state index contributed by atoms with van der Waals surface area (Å²) in [5, 5.41) is 0. The largest absolute Gasteiger partial charge is 1.00 e. The van der Waals surface area contributed by atoms with Crippen LogP contribution in [0.2, 0.25) is 0 Å². The van der Waals surface area contributed by atoms with E-state index in [1.54, 1.807) is 0 Å². The Bertz CT molecular complexity index is 217. The molecule has 0 atom stereocenters. The number of para-hydroxylation sites is 1. The summed E-state index contributed by atoms with van der Waals surface area (Å²) >= 11 is 0. The first kappa shape index (κ1) is 9.70. The molecule has 2 rings (SSSR count). The molecule has 1 nitrogen and oxygen atoms in total. The molecule has 1 saturated heterocycles. The molecule has 1 aromatic carbocycles. The van der Waals surface area contributed by atoms with Crippen LogP contribution < -0.4 is 23.8 Å². The van der Waals surface area contributed by atoms with Crippen molar-refractivity contribution >= 4 is 5.69 Å². The molecule has 0 unspecified atom stereocenters. The summed E-state index contributed by atoms with van der Waals surface area (Å²) in [6, 6.07) is 11.4. The minimum Gasteiger partial charge on any atom is -0.394 e. The van der Waals surface area contributed by atoms with E-state index >= 15 is 0 Å². The summed E-state index contributed by atoms with van der Waals surface area (Å²) in [5.74, 6) is 0. The molecule has 0 aliphatic carbocycles. The third kappa shape index (κ3) is 2.06. The molecule has 0 radical (unpaired) electrons. The van der Waals surface area contributed by atoms with Crippen LogP contribution in [0.4, 0.5) is 5.69 Å². The van der Waals surface area contributed by atoms with Crippen LogP contribution in [0.15, 0.2) is 24.3 Å². The van der Waals surface area contributed by atoms with Crippen molar-refractivity contribution in [3.8, 4) is 0 Å². The van der Waals surface area contributed by atoms with Crippen LogP contribution in [0.25, 0.3) is 0 Å². The van der Waals surface area contributed by atoms with Crippen molar-refractivity contribution < 1.29 is 18.9 Å². The first-order valence-electron chi connectivity index (χ1n) is 4.18. The number of rotatable bonds is 1. The Morgan fingerprint density at radius 1 is 1.17 bits per heavy atom. The fraction of sp³-hybridized carbons (Fsp3) is 0.400. The summed E-state index contributed by atoms with van der Waals surface area (Å²) in [4.78, 5) is 2.39. The van der Waals surface area contributed by atoms with Gasteiger partial charge in [-0.05, 0) is 12.8 Å². The van der Waals surface area contributed by atoms with Crippen molar-refractivity contribution in [3.05, 3.63) is 30.3 Å². The zero-order chi connectivity index (χ0) is 7.52. The Balaban J connectivity index is 0.000000720. The van der Waals surface area contributed by atoms with Gasteiger partial charge in [0.25, 0.3) is 0 Å².